The third kappa shape index (κ3) is 7.02. The molecular weight excluding hydrogens is 216 g/mol. The Balaban J connectivity index is 1.83. The molecule has 1 aliphatic heterocycles. The largest absolute Gasteiger partial charge is 0.390 e. The second kappa shape index (κ2) is 9.86. The zero-order valence-electron chi connectivity index (χ0n) is 11.2. The van der Waals surface area contributed by atoms with Crippen LogP contribution < -0.4 is 0 Å². The molecule has 0 bridgehead atoms. The summed E-state index contributed by atoms with van der Waals surface area (Å²) in [6, 6.07) is 0. The molecule has 1 aliphatic rings. The van der Waals surface area contributed by atoms with Gasteiger partial charge in [0.05, 0.1) is 19.3 Å². The fourth-order valence-electron chi connectivity index (χ4n) is 2.18. The fourth-order valence-corrected chi connectivity index (χ4v) is 2.18. The highest BCUT2D eigenvalue weighted by Gasteiger charge is 2.23. The maximum absolute atomic E-state index is 9.82. The van der Waals surface area contributed by atoms with E-state index in [1.165, 1.54) is 32.1 Å². The molecule has 1 saturated heterocycles. The van der Waals surface area contributed by atoms with Crippen molar-refractivity contribution in [2.24, 2.45) is 5.92 Å². The van der Waals surface area contributed by atoms with Gasteiger partial charge >= 0.3 is 0 Å². The van der Waals surface area contributed by atoms with Crippen molar-refractivity contribution >= 4 is 0 Å². The first-order valence-corrected chi connectivity index (χ1v) is 7.18. The minimum atomic E-state index is -0.336. The van der Waals surface area contributed by atoms with E-state index >= 15 is 0 Å². The third-order valence-corrected chi connectivity index (χ3v) is 3.44. The number of hydrogen-bond acceptors (Lipinski definition) is 3. The summed E-state index contributed by atoms with van der Waals surface area (Å²) < 4.78 is 10.8. The van der Waals surface area contributed by atoms with Crippen LogP contribution in [0.5, 0.6) is 0 Å². The van der Waals surface area contributed by atoms with Crippen LogP contribution >= 0.6 is 0 Å². The number of ether oxygens (including phenoxy) is 2. The molecule has 0 aromatic heterocycles. The Morgan fingerprint density at radius 1 is 1.24 bits per heavy atom. The highest BCUT2D eigenvalue weighted by molar-refractivity contribution is 4.72. The van der Waals surface area contributed by atoms with Crippen molar-refractivity contribution in [2.75, 3.05) is 26.4 Å². The lowest BCUT2D eigenvalue weighted by molar-refractivity contribution is 0.00113. The average Bonchev–Trinajstić information content (AvgIpc) is 2.86. The lowest BCUT2D eigenvalue weighted by Gasteiger charge is -2.16. The van der Waals surface area contributed by atoms with Gasteiger partial charge in [0.1, 0.15) is 0 Å². The van der Waals surface area contributed by atoms with Crippen molar-refractivity contribution in [2.45, 2.75) is 58.0 Å². The van der Waals surface area contributed by atoms with Crippen molar-refractivity contribution in [3.8, 4) is 0 Å². The summed E-state index contributed by atoms with van der Waals surface area (Å²) in [5.74, 6) is 0.291. The van der Waals surface area contributed by atoms with Crippen LogP contribution in [0.2, 0.25) is 0 Å². The Morgan fingerprint density at radius 2 is 2.00 bits per heavy atom. The predicted octanol–water partition coefficient (Wildman–Crippen LogP) is 2.76. The molecule has 0 amide bonds. The zero-order valence-corrected chi connectivity index (χ0v) is 11.2. The van der Waals surface area contributed by atoms with E-state index in [0.29, 0.717) is 19.1 Å². The van der Waals surface area contributed by atoms with Crippen molar-refractivity contribution in [3.05, 3.63) is 0 Å². The Labute approximate surface area is 105 Å². The molecule has 1 fully saturated rings. The van der Waals surface area contributed by atoms with E-state index in [-0.39, 0.29) is 6.10 Å². The van der Waals surface area contributed by atoms with Gasteiger partial charge in [0.15, 0.2) is 0 Å². The van der Waals surface area contributed by atoms with Gasteiger partial charge in [0.2, 0.25) is 0 Å². The molecule has 2 unspecified atom stereocenters. The van der Waals surface area contributed by atoms with Crippen LogP contribution in [0.3, 0.4) is 0 Å². The Morgan fingerprint density at radius 3 is 2.71 bits per heavy atom. The minimum Gasteiger partial charge on any atom is -0.390 e. The molecule has 2 atom stereocenters. The van der Waals surface area contributed by atoms with E-state index in [1.54, 1.807) is 0 Å². The SMILES string of the molecule is CCCCCCCCOCC(O)C1CCOC1. The molecule has 3 heteroatoms. The molecule has 1 N–H and O–H groups in total. The normalized spacial score (nSPS) is 21.9. The van der Waals surface area contributed by atoms with Crippen molar-refractivity contribution < 1.29 is 14.6 Å². The smallest absolute Gasteiger partial charge is 0.0824 e. The van der Waals surface area contributed by atoms with Gasteiger partial charge in [0, 0.05) is 19.1 Å². The molecule has 0 aromatic rings. The molecule has 3 nitrogen and oxygen atoms in total. The van der Waals surface area contributed by atoms with Gasteiger partial charge < -0.3 is 14.6 Å². The predicted molar refractivity (Wildman–Crippen MR) is 69.1 cm³/mol. The molecule has 102 valence electrons. The number of aliphatic hydroxyl groups is 1. The van der Waals surface area contributed by atoms with Crippen molar-refractivity contribution in [3.63, 3.8) is 0 Å². The Kier molecular flexibility index (Phi) is 8.67. The van der Waals surface area contributed by atoms with Crippen LogP contribution in [0.1, 0.15) is 51.9 Å². The van der Waals surface area contributed by atoms with Crippen molar-refractivity contribution in [1.82, 2.24) is 0 Å². The topological polar surface area (TPSA) is 38.7 Å². The molecular formula is C14H28O3. The van der Waals surface area contributed by atoms with Crippen LogP contribution in [0.4, 0.5) is 0 Å². The number of hydrogen-bond donors (Lipinski definition) is 1. The minimum absolute atomic E-state index is 0.291. The van der Waals surface area contributed by atoms with Crippen LogP contribution in [0.15, 0.2) is 0 Å². The number of rotatable bonds is 10. The zero-order chi connectivity index (χ0) is 12.3. The molecule has 1 rings (SSSR count). The maximum Gasteiger partial charge on any atom is 0.0824 e. The van der Waals surface area contributed by atoms with E-state index in [0.717, 1.165) is 26.1 Å². The summed E-state index contributed by atoms with van der Waals surface area (Å²) in [5, 5.41) is 9.82. The molecule has 0 aliphatic carbocycles. The van der Waals surface area contributed by atoms with E-state index in [2.05, 4.69) is 6.92 Å². The Bertz CT molecular complexity index is 167. The summed E-state index contributed by atoms with van der Waals surface area (Å²) in [6.45, 7) is 4.98. The highest BCUT2D eigenvalue weighted by atomic mass is 16.5. The standard InChI is InChI=1S/C14H28O3/c1-2-3-4-5-6-7-9-16-12-14(15)13-8-10-17-11-13/h13-15H,2-12H2,1H3. The average molecular weight is 244 g/mol. The molecule has 0 saturated carbocycles. The van der Waals surface area contributed by atoms with Gasteiger partial charge in [-0.05, 0) is 12.8 Å². The van der Waals surface area contributed by atoms with E-state index < -0.39 is 0 Å². The van der Waals surface area contributed by atoms with Gasteiger partial charge in [-0.3, -0.25) is 0 Å². The lowest BCUT2D eigenvalue weighted by Crippen LogP contribution is -2.26. The lowest BCUT2D eigenvalue weighted by atomic mass is 10.0. The molecule has 0 spiro atoms. The molecule has 17 heavy (non-hydrogen) atoms. The summed E-state index contributed by atoms with van der Waals surface area (Å²) in [7, 11) is 0. The first kappa shape index (κ1) is 14.9. The third-order valence-electron chi connectivity index (χ3n) is 3.44. The van der Waals surface area contributed by atoms with Gasteiger partial charge in [-0.1, -0.05) is 39.0 Å². The molecule has 0 aromatic carbocycles. The molecule has 0 radical (unpaired) electrons. The van der Waals surface area contributed by atoms with Crippen LogP contribution in [-0.4, -0.2) is 37.6 Å². The van der Waals surface area contributed by atoms with Gasteiger partial charge in [-0.15, -0.1) is 0 Å². The van der Waals surface area contributed by atoms with Crippen molar-refractivity contribution in [1.29, 1.82) is 0 Å². The first-order valence-electron chi connectivity index (χ1n) is 7.18. The van der Waals surface area contributed by atoms with Gasteiger partial charge in [0.25, 0.3) is 0 Å². The summed E-state index contributed by atoms with van der Waals surface area (Å²) in [5.41, 5.74) is 0. The van der Waals surface area contributed by atoms with E-state index in [1.807, 2.05) is 0 Å². The summed E-state index contributed by atoms with van der Waals surface area (Å²) in [6.07, 6.45) is 8.32. The fraction of sp³-hybridized carbons (Fsp3) is 1.00. The summed E-state index contributed by atoms with van der Waals surface area (Å²) in [4.78, 5) is 0. The second-order valence-corrected chi connectivity index (χ2v) is 5.03. The monoisotopic (exact) mass is 244 g/mol. The highest BCUT2D eigenvalue weighted by Crippen LogP contribution is 2.16. The number of aliphatic hydroxyl groups excluding tert-OH is 1. The quantitative estimate of drug-likeness (QED) is 0.601. The maximum atomic E-state index is 9.82. The van der Waals surface area contributed by atoms with Crippen LogP contribution in [0, 0.1) is 5.92 Å². The van der Waals surface area contributed by atoms with Crippen LogP contribution in [0.25, 0.3) is 0 Å². The first-order chi connectivity index (χ1) is 8.34. The number of unbranched alkanes of at least 4 members (excludes halogenated alkanes) is 5. The van der Waals surface area contributed by atoms with E-state index in [4.69, 9.17) is 9.47 Å². The van der Waals surface area contributed by atoms with E-state index in [9.17, 15) is 5.11 Å². The molecule has 1 heterocycles. The van der Waals surface area contributed by atoms with Crippen LogP contribution in [-0.2, 0) is 9.47 Å². The summed E-state index contributed by atoms with van der Waals surface area (Å²) >= 11 is 0. The Hall–Kier alpha value is -0.120. The van der Waals surface area contributed by atoms with Gasteiger partial charge in [-0.25, -0.2) is 0 Å². The van der Waals surface area contributed by atoms with Gasteiger partial charge in [-0.2, -0.15) is 0 Å². The second-order valence-electron chi connectivity index (χ2n) is 5.03.